The highest BCUT2D eigenvalue weighted by Crippen LogP contribution is 2.40. The van der Waals surface area contributed by atoms with Crippen molar-refractivity contribution in [1.29, 1.82) is 0 Å². The van der Waals surface area contributed by atoms with Gasteiger partial charge in [0, 0.05) is 36.7 Å². The fourth-order valence-corrected chi connectivity index (χ4v) is 7.41. The number of thiophene rings is 2. The number of imidazole rings is 1. The van der Waals surface area contributed by atoms with Gasteiger partial charge in [0.2, 0.25) is 0 Å². The van der Waals surface area contributed by atoms with E-state index in [1.807, 2.05) is 22.7 Å². The van der Waals surface area contributed by atoms with E-state index in [1.54, 1.807) is 0 Å². The lowest BCUT2D eigenvalue weighted by Gasteiger charge is -2.08. The van der Waals surface area contributed by atoms with Gasteiger partial charge in [-0.3, -0.25) is 4.40 Å². The summed E-state index contributed by atoms with van der Waals surface area (Å²) in [5.74, 6) is 0. The van der Waals surface area contributed by atoms with E-state index in [2.05, 4.69) is 138 Å². The fraction of sp³-hybridized carbons (Fsp3) is 0. The van der Waals surface area contributed by atoms with Crippen molar-refractivity contribution in [3.8, 4) is 41.8 Å². The molecular formula is C35H22N2S2. The molecule has 184 valence electrons. The van der Waals surface area contributed by atoms with Crippen molar-refractivity contribution in [3.63, 3.8) is 0 Å². The van der Waals surface area contributed by atoms with Crippen LogP contribution in [-0.4, -0.2) is 9.38 Å². The maximum absolute atomic E-state index is 5.09. The second kappa shape index (κ2) is 9.05. The van der Waals surface area contributed by atoms with E-state index in [9.17, 15) is 0 Å². The molecule has 0 spiro atoms. The van der Waals surface area contributed by atoms with Crippen LogP contribution in [0.2, 0.25) is 0 Å². The Morgan fingerprint density at radius 2 is 1.05 bits per heavy atom. The maximum Gasteiger partial charge on any atom is 0.145 e. The first-order chi connectivity index (χ1) is 19.3. The summed E-state index contributed by atoms with van der Waals surface area (Å²) in [4.78, 5) is 10.2. The van der Waals surface area contributed by atoms with Gasteiger partial charge < -0.3 is 0 Å². The van der Waals surface area contributed by atoms with Crippen molar-refractivity contribution < 1.29 is 0 Å². The summed E-state index contributed by atoms with van der Waals surface area (Å²) >= 11 is 3.67. The number of pyridine rings is 1. The molecule has 8 aromatic rings. The number of rotatable bonds is 4. The molecule has 0 N–H and O–H groups in total. The molecule has 4 heteroatoms. The molecule has 0 fully saturated rings. The average molecular weight is 535 g/mol. The Morgan fingerprint density at radius 3 is 1.74 bits per heavy atom. The lowest BCUT2D eigenvalue weighted by molar-refractivity contribution is 1.25. The van der Waals surface area contributed by atoms with E-state index in [-0.39, 0.29) is 0 Å². The Bertz CT molecular complexity index is 2110. The molecule has 39 heavy (non-hydrogen) atoms. The molecule has 0 atom stereocenters. The molecule has 4 aromatic heterocycles. The SMILES string of the molecule is c1ccc(-c2ccc(-c3ccc4nc5c6ccccc6c(-c6ccc(-c7ccccc7)s6)cn5c4c3)s2)cc1. The highest BCUT2D eigenvalue weighted by atomic mass is 32.1. The third kappa shape index (κ3) is 3.80. The molecule has 0 saturated heterocycles. The highest BCUT2D eigenvalue weighted by molar-refractivity contribution is 7.19. The molecule has 0 radical (unpaired) electrons. The van der Waals surface area contributed by atoms with Crippen molar-refractivity contribution in [2.45, 2.75) is 0 Å². The van der Waals surface area contributed by atoms with E-state index in [0.29, 0.717) is 0 Å². The van der Waals surface area contributed by atoms with Crippen LogP contribution in [0.4, 0.5) is 0 Å². The molecule has 0 amide bonds. The monoisotopic (exact) mass is 534 g/mol. The Kier molecular flexibility index (Phi) is 5.22. The lowest BCUT2D eigenvalue weighted by Crippen LogP contribution is -1.90. The van der Waals surface area contributed by atoms with Crippen molar-refractivity contribution in [2.75, 3.05) is 0 Å². The molecule has 0 unspecified atom stereocenters. The van der Waals surface area contributed by atoms with E-state index >= 15 is 0 Å². The van der Waals surface area contributed by atoms with Gasteiger partial charge in [0.25, 0.3) is 0 Å². The Balaban J connectivity index is 1.30. The third-order valence-electron chi connectivity index (χ3n) is 7.28. The van der Waals surface area contributed by atoms with Gasteiger partial charge in [-0.25, -0.2) is 4.98 Å². The first kappa shape index (κ1) is 22.5. The van der Waals surface area contributed by atoms with Gasteiger partial charge >= 0.3 is 0 Å². The first-order valence-electron chi connectivity index (χ1n) is 13.0. The number of nitrogens with zero attached hydrogens (tertiary/aromatic N) is 2. The normalized spacial score (nSPS) is 11.6. The van der Waals surface area contributed by atoms with Gasteiger partial charge in [-0.1, -0.05) is 91.0 Å². The zero-order valence-corrected chi connectivity index (χ0v) is 22.5. The maximum atomic E-state index is 5.09. The second-order valence-electron chi connectivity index (χ2n) is 9.66. The summed E-state index contributed by atoms with van der Waals surface area (Å²) in [5.41, 5.74) is 8.10. The number of hydrogen-bond acceptors (Lipinski definition) is 3. The molecule has 0 saturated carbocycles. The van der Waals surface area contributed by atoms with Crippen molar-refractivity contribution in [3.05, 3.63) is 134 Å². The van der Waals surface area contributed by atoms with Gasteiger partial charge in [-0.2, -0.15) is 0 Å². The Labute approximate surface area is 234 Å². The van der Waals surface area contributed by atoms with E-state index in [4.69, 9.17) is 4.98 Å². The summed E-state index contributed by atoms with van der Waals surface area (Å²) in [6.45, 7) is 0. The summed E-state index contributed by atoms with van der Waals surface area (Å²) in [7, 11) is 0. The number of hydrogen-bond donors (Lipinski definition) is 0. The molecule has 8 rings (SSSR count). The summed E-state index contributed by atoms with van der Waals surface area (Å²) in [5, 5.41) is 2.40. The van der Waals surface area contributed by atoms with E-state index in [1.165, 1.54) is 52.5 Å². The highest BCUT2D eigenvalue weighted by Gasteiger charge is 2.16. The van der Waals surface area contributed by atoms with Crippen LogP contribution in [0.3, 0.4) is 0 Å². The average Bonchev–Trinajstić information content (AvgIpc) is 3.76. The summed E-state index contributed by atoms with van der Waals surface area (Å²) in [6, 6.07) is 45.4. The van der Waals surface area contributed by atoms with Gasteiger partial charge in [-0.05, 0) is 58.5 Å². The molecule has 0 bridgehead atoms. The standard InChI is InChI=1S/C35H22N2S2/c1-3-9-23(10-4-1)31-17-18-33(38-31)25-15-16-29-30(21-25)37-22-28(26-13-7-8-14-27(26)35(37)36-29)34-20-19-32(39-34)24-11-5-2-6-12-24/h1-22H. The van der Waals surface area contributed by atoms with Crippen LogP contribution in [0.5, 0.6) is 0 Å². The number of fused-ring (bicyclic) bond motifs is 5. The zero-order valence-electron chi connectivity index (χ0n) is 20.9. The van der Waals surface area contributed by atoms with Crippen LogP contribution in [0.1, 0.15) is 0 Å². The van der Waals surface area contributed by atoms with Crippen LogP contribution in [0.15, 0.2) is 134 Å². The van der Waals surface area contributed by atoms with Gasteiger partial charge in [0.15, 0.2) is 0 Å². The van der Waals surface area contributed by atoms with Crippen LogP contribution in [0, 0.1) is 0 Å². The quantitative estimate of drug-likeness (QED) is 0.219. The molecule has 0 aliphatic heterocycles. The first-order valence-corrected chi connectivity index (χ1v) is 14.6. The van der Waals surface area contributed by atoms with Crippen molar-refractivity contribution in [2.24, 2.45) is 0 Å². The Hall–Kier alpha value is -4.51. The van der Waals surface area contributed by atoms with Gasteiger partial charge in [0.05, 0.1) is 11.0 Å². The van der Waals surface area contributed by atoms with Crippen molar-refractivity contribution in [1.82, 2.24) is 9.38 Å². The van der Waals surface area contributed by atoms with Gasteiger partial charge in [0.1, 0.15) is 5.65 Å². The molecule has 2 nitrogen and oxygen atoms in total. The van der Waals surface area contributed by atoms with Crippen LogP contribution < -0.4 is 0 Å². The second-order valence-corrected chi connectivity index (χ2v) is 11.8. The molecule has 4 heterocycles. The minimum Gasteiger partial charge on any atom is -0.298 e. The minimum atomic E-state index is 0.998. The van der Waals surface area contributed by atoms with Crippen LogP contribution >= 0.6 is 22.7 Å². The van der Waals surface area contributed by atoms with E-state index in [0.717, 1.165) is 16.7 Å². The fourth-order valence-electron chi connectivity index (χ4n) is 5.37. The largest absolute Gasteiger partial charge is 0.298 e. The zero-order chi connectivity index (χ0) is 25.8. The van der Waals surface area contributed by atoms with Gasteiger partial charge in [-0.15, -0.1) is 22.7 Å². The number of benzene rings is 4. The third-order valence-corrected chi connectivity index (χ3v) is 9.64. The molecule has 0 aliphatic carbocycles. The minimum absolute atomic E-state index is 0.998. The van der Waals surface area contributed by atoms with E-state index < -0.39 is 0 Å². The van der Waals surface area contributed by atoms with Crippen LogP contribution in [-0.2, 0) is 0 Å². The summed E-state index contributed by atoms with van der Waals surface area (Å²) in [6.07, 6.45) is 2.28. The topological polar surface area (TPSA) is 17.3 Å². The predicted molar refractivity (Wildman–Crippen MR) is 168 cm³/mol. The molecule has 4 aromatic carbocycles. The molecule has 0 aliphatic rings. The Morgan fingerprint density at radius 1 is 0.487 bits per heavy atom. The number of aromatic nitrogens is 2. The smallest absolute Gasteiger partial charge is 0.145 e. The lowest BCUT2D eigenvalue weighted by atomic mass is 10.1. The molecular weight excluding hydrogens is 513 g/mol. The summed E-state index contributed by atoms with van der Waals surface area (Å²) < 4.78 is 2.28. The predicted octanol–water partition coefficient (Wildman–Crippen LogP) is 10.4. The van der Waals surface area contributed by atoms with Crippen molar-refractivity contribution >= 4 is 50.1 Å². The van der Waals surface area contributed by atoms with Crippen LogP contribution in [0.25, 0.3) is 69.2 Å².